The zero-order valence-corrected chi connectivity index (χ0v) is 17.3. The molecular weight excluding hydrogens is 352 g/mol. The second kappa shape index (κ2) is 10.3. The number of nitrogens with zero attached hydrogens (tertiary/aromatic N) is 3. The van der Waals surface area contributed by atoms with Gasteiger partial charge in [-0.05, 0) is 38.3 Å². The van der Waals surface area contributed by atoms with Crippen molar-refractivity contribution in [3.63, 3.8) is 0 Å². The van der Waals surface area contributed by atoms with Crippen LogP contribution in [0.4, 0.5) is 0 Å². The van der Waals surface area contributed by atoms with E-state index < -0.39 is 0 Å². The molecule has 0 saturated carbocycles. The highest BCUT2D eigenvalue weighted by molar-refractivity contribution is 5.81. The second-order valence-electron chi connectivity index (χ2n) is 7.77. The van der Waals surface area contributed by atoms with E-state index in [0.29, 0.717) is 19.0 Å². The summed E-state index contributed by atoms with van der Waals surface area (Å²) in [6.45, 7) is 5.52. The van der Waals surface area contributed by atoms with Gasteiger partial charge in [0.05, 0.1) is 0 Å². The van der Waals surface area contributed by atoms with Crippen molar-refractivity contribution < 1.29 is 9.53 Å². The maximum absolute atomic E-state index is 12.5. The number of piperidine rings is 2. The summed E-state index contributed by atoms with van der Waals surface area (Å²) in [5, 5.41) is 3.38. The van der Waals surface area contributed by atoms with Crippen molar-refractivity contribution in [1.29, 1.82) is 0 Å². The Kier molecular flexibility index (Phi) is 7.57. The normalized spacial score (nSPS) is 21.5. The lowest BCUT2D eigenvalue weighted by Gasteiger charge is -2.35. The van der Waals surface area contributed by atoms with Crippen molar-refractivity contribution in [2.24, 2.45) is 4.99 Å². The molecule has 154 valence electrons. The van der Waals surface area contributed by atoms with Crippen molar-refractivity contribution in [3.8, 4) is 5.75 Å². The first-order valence-corrected chi connectivity index (χ1v) is 10.6. The third-order valence-electron chi connectivity index (χ3n) is 5.74. The molecule has 2 aliphatic heterocycles. The zero-order valence-electron chi connectivity index (χ0n) is 17.3. The molecule has 1 N–H and O–H groups in total. The molecule has 0 bridgehead atoms. The molecule has 2 fully saturated rings. The van der Waals surface area contributed by atoms with E-state index in [1.165, 1.54) is 6.42 Å². The fourth-order valence-electron chi connectivity index (χ4n) is 4.10. The summed E-state index contributed by atoms with van der Waals surface area (Å²) in [6.07, 6.45) is 6.21. The smallest absolute Gasteiger partial charge is 0.224 e. The van der Waals surface area contributed by atoms with Crippen LogP contribution in [-0.4, -0.2) is 67.0 Å². The molecule has 0 aliphatic carbocycles. The van der Waals surface area contributed by atoms with E-state index in [1.807, 2.05) is 42.3 Å². The van der Waals surface area contributed by atoms with Crippen molar-refractivity contribution in [2.75, 3.05) is 33.2 Å². The molecule has 6 heteroatoms. The fourth-order valence-corrected chi connectivity index (χ4v) is 4.10. The number of likely N-dealkylation sites (tertiary alicyclic amines) is 2. The van der Waals surface area contributed by atoms with Gasteiger partial charge in [0.1, 0.15) is 11.9 Å². The summed E-state index contributed by atoms with van der Waals surface area (Å²) >= 11 is 0. The molecule has 0 spiro atoms. The van der Waals surface area contributed by atoms with Gasteiger partial charge in [-0.25, -0.2) is 0 Å². The number of hydrogen-bond donors (Lipinski definition) is 1. The molecular formula is C22H34N4O2. The van der Waals surface area contributed by atoms with Crippen LogP contribution in [0.25, 0.3) is 0 Å². The van der Waals surface area contributed by atoms with Gasteiger partial charge >= 0.3 is 0 Å². The first kappa shape index (κ1) is 20.5. The lowest BCUT2D eigenvalue weighted by molar-refractivity contribution is -0.134. The first-order chi connectivity index (χ1) is 13.7. The number of carbonyl (C=O) groups excluding carboxylic acids is 1. The number of nitrogens with one attached hydrogen (secondary N) is 1. The Balaban J connectivity index is 1.39. The Hall–Kier alpha value is -2.24. The van der Waals surface area contributed by atoms with Gasteiger partial charge in [0.2, 0.25) is 5.91 Å². The van der Waals surface area contributed by atoms with E-state index in [2.05, 4.69) is 22.1 Å². The summed E-state index contributed by atoms with van der Waals surface area (Å²) in [6, 6.07) is 10.4. The third-order valence-corrected chi connectivity index (χ3v) is 5.74. The van der Waals surface area contributed by atoms with Crippen LogP contribution in [0.15, 0.2) is 35.3 Å². The van der Waals surface area contributed by atoms with Crippen molar-refractivity contribution in [2.45, 2.75) is 57.6 Å². The number of benzene rings is 1. The molecule has 2 aliphatic rings. The van der Waals surface area contributed by atoms with E-state index in [1.54, 1.807) is 0 Å². The Morgan fingerprint density at radius 2 is 1.89 bits per heavy atom. The van der Waals surface area contributed by atoms with Crippen LogP contribution in [0.2, 0.25) is 0 Å². The molecule has 1 unspecified atom stereocenters. The maximum Gasteiger partial charge on any atom is 0.224 e. The second-order valence-corrected chi connectivity index (χ2v) is 7.77. The third kappa shape index (κ3) is 5.63. The number of amides is 1. The summed E-state index contributed by atoms with van der Waals surface area (Å²) < 4.78 is 6.07. The van der Waals surface area contributed by atoms with E-state index in [9.17, 15) is 4.79 Å². The molecule has 0 aromatic heterocycles. The summed E-state index contributed by atoms with van der Waals surface area (Å²) in [5.74, 6) is 2.08. The molecule has 3 rings (SSSR count). The van der Waals surface area contributed by atoms with Gasteiger partial charge in [-0.3, -0.25) is 9.79 Å². The van der Waals surface area contributed by atoms with Gasteiger partial charge < -0.3 is 19.9 Å². The van der Waals surface area contributed by atoms with Crippen molar-refractivity contribution in [3.05, 3.63) is 30.3 Å². The van der Waals surface area contributed by atoms with E-state index in [4.69, 9.17) is 4.74 Å². The summed E-state index contributed by atoms with van der Waals surface area (Å²) in [5.41, 5.74) is 0. The SMILES string of the molecule is CN=C(NCCC(=O)N1CCCCC1C)N1CCC(Oc2ccccc2)CC1. The van der Waals surface area contributed by atoms with Crippen molar-refractivity contribution >= 4 is 11.9 Å². The van der Waals surface area contributed by atoms with Crippen LogP contribution < -0.4 is 10.1 Å². The van der Waals surface area contributed by atoms with Crippen LogP contribution in [0.3, 0.4) is 0 Å². The van der Waals surface area contributed by atoms with Crippen LogP contribution in [-0.2, 0) is 4.79 Å². The summed E-state index contributed by atoms with van der Waals surface area (Å²) in [4.78, 5) is 21.2. The molecule has 2 heterocycles. The van der Waals surface area contributed by atoms with Gasteiger partial charge in [-0.1, -0.05) is 18.2 Å². The largest absolute Gasteiger partial charge is 0.490 e. The van der Waals surface area contributed by atoms with Gasteiger partial charge in [-0.2, -0.15) is 0 Å². The Morgan fingerprint density at radius 1 is 1.14 bits per heavy atom. The maximum atomic E-state index is 12.5. The number of hydrogen-bond acceptors (Lipinski definition) is 3. The van der Waals surface area contributed by atoms with Gasteiger partial charge in [0, 0.05) is 58.5 Å². The Morgan fingerprint density at radius 3 is 2.57 bits per heavy atom. The van der Waals surface area contributed by atoms with Gasteiger partial charge in [0.25, 0.3) is 0 Å². The lowest BCUT2D eigenvalue weighted by Crippen LogP contribution is -2.48. The topological polar surface area (TPSA) is 57.2 Å². The van der Waals surface area contributed by atoms with Gasteiger partial charge in [0.15, 0.2) is 5.96 Å². The molecule has 28 heavy (non-hydrogen) atoms. The molecule has 2 saturated heterocycles. The van der Waals surface area contributed by atoms with Crippen LogP contribution in [0.5, 0.6) is 5.75 Å². The number of guanidine groups is 1. The van der Waals surface area contributed by atoms with E-state index >= 15 is 0 Å². The predicted molar refractivity (Wildman–Crippen MR) is 113 cm³/mol. The molecule has 1 atom stereocenters. The Labute approximate surface area is 168 Å². The molecule has 1 aromatic carbocycles. The first-order valence-electron chi connectivity index (χ1n) is 10.6. The number of rotatable bonds is 5. The fraction of sp³-hybridized carbons (Fsp3) is 0.636. The van der Waals surface area contributed by atoms with Gasteiger partial charge in [-0.15, -0.1) is 0 Å². The minimum Gasteiger partial charge on any atom is -0.490 e. The van der Waals surface area contributed by atoms with E-state index in [0.717, 1.165) is 57.0 Å². The average Bonchev–Trinajstić information content (AvgIpc) is 2.73. The molecule has 1 amide bonds. The van der Waals surface area contributed by atoms with Crippen LogP contribution in [0.1, 0.15) is 45.4 Å². The van der Waals surface area contributed by atoms with E-state index in [-0.39, 0.29) is 12.0 Å². The monoisotopic (exact) mass is 386 g/mol. The molecule has 1 aromatic rings. The molecule has 6 nitrogen and oxygen atoms in total. The van der Waals surface area contributed by atoms with Crippen LogP contribution in [0, 0.1) is 0 Å². The Bertz CT molecular complexity index is 641. The number of carbonyl (C=O) groups is 1. The number of aliphatic imine (C=N–C) groups is 1. The standard InChI is InChI=1S/C22H34N4O2/c1-18-8-6-7-15-26(18)21(27)11-14-24-22(23-2)25-16-12-20(13-17-25)28-19-9-4-3-5-10-19/h3-5,9-10,18,20H,6-8,11-17H2,1-2H3,(H,23,24). The highest BCUT2D eigenvalue weighted by atomic mass is 16.5. The summed E-state index contributed by atoms with van der Waals surface area (Å²) in [7, 11) is 1.81. The number of ether oxygens (including phenoxy) is 1. The zero-order chi connectivity index (χ0) is 19.8. The lowest BCUT2D eigenvalue weighted by atomic mass is 10.0. The van der Waals surface area contributed by atoms with Crippen LogP contribution >= 0.6 is 0 Å². The van der Waals surface area contributed by atoms with Crippen molar-refractivity contribution in [1.82, 2.24) is 15.1 Å². The quantitative estimate of drug-likeness (QED) is 0.624. The predicted octanol–water partition coefficient (Wildman–Crippen LogP) is 2.90. The molecule has 0 radical (unpaired) electrons. The highest BCUT2D eigenvalue weighted by Gasteiger charge is 2.24. The minimum atomic E-state index is 0.249. The number of para-hydroxylation sites is 1. The average molecular weight is 387 g/mol. The minimum absolute atomic E-state index is 0.249. The highest BCUT2D eigenvalue weighted by Crippen LogP contribution is 2.19.